The van der Waals surface area contributed by atoms with Crippen LogP contribution in [0.15, 0.2) is 36.5 Å². The smallest absolute Gasteiger partial charge is 0.457 e. The normalized spacial score (nSPS) is 14.0. The maximum Gasteiger partial charge on any atom is 0.472 e. The number of carbonyl (C=O) groups is 1. The number of rotatable bonds is 43. The Morgan fingerprint density at radius 2 is 0.982 bits per heavy atom. The van der Waals surface area contributed by atoms with Crippen molar-refractivity contribution in [2.24, 2.45) is 0 Å². The van der Waals surface area contributed by atoms with E-state index in [1.54, 1.807) is 0 Å². The van der Waals surface area contributed by atoms with Crippen LogP contribution in [0.3, 0.4) is 0 Å². The van der Waals surface area contributed by atoms with Crippen molar-refractivity contribution in [3.05, 3.63) is 36.5 Å². The van der Waals surface area contributed by atoms with Crippen molar-refractivity contribution in [2.75, 3.05) is 54.1 Å². The first-order chi connectivity index (χ1) is 27.1. The average Bonchev–Trinajstić information content (AvgIpc) is 3.15. The van der Waals surface area contributed by atoms with E-state index in [0.29, 0.717) is 24.1 Å². The molecule has 0 heterocycles. The summed E-state index contributed by atoms with van der Waals surface area (Å²) in [7, 11) is 1.66. The standard InChI is InChI=1S/C47H90NO7P/c1-6-8-10-12-14-16-18-20-22-24-25-26-28-30-32-34-36-38-40-47(49)55-46(45-54-56(50,51)53-43-41-48(3,4)5)44-52-42-39-37-35-33-31-29-27-23-21-19-17-15-13-11-9-7-2/h16,18,21-24,46H,6-15,17,19-20,25-45H2,1-5H3/p+1/b18-16-,23-21-,24-22-. The van der Waals surface area contributed by atoms with E-state index in [9.17, 15) is 14.3 Å². The molecule has 2 atom stereocenters. The highest BCUT2D eigenvalue weighted by Gasteiger charge is 2.26. The van der Waals surface area contributed by atoms with Gasteiger partial charge in [-0.2, -0.15) is 0 Å². The molecule has 0 aromatic heterocycles. The van der Waals surface area contributed by atoms with Crippen LogP contribution in [0.4, 0.5) is 0 Å². The zero-order valence-corrected chi connectivity index (χ0v) is 38.3. The number of carbonyl (C=O) groups excluding carboxylic acids is 1. The minimum absolute atomic E-state index is 0.0857. The fourth-order valence-corrected chi connectivity index (χ4v) is 7.02. The topological polar surface area (TPSA) is 91.3 Å². The molecule has 330 valence electrons. The molecule has 8 nitrogen and oxygen atoms in total. The van der Waals surface area contributed by atoms with Gasteiger partial charge in [0.25, 0.3) is 0 Å². The Bertz CT molecular complexity index is 994. The number of phosphoric acid groups is 1. The van der Waals surface area contributed by atoms with Crippen LogP contribution < -0.4 is 0 Å². The molecule has 0 aromatic carbocycles. The largest absolute Gasteiger partial charge is 0.472 e. The van der Waals surface area contributed by atoms with Gasteiger partial charge in [-0.25, -0.2) is 4.57 Å². The summed E-state index contributed by atoms with van der Waals surface area (Å²) in [5.41, 5.74) is 0. The minimum Gasteiger partial charge on any atom is -0.457 e. The number of hydrogen-bond acceptors (Lipinski definition) is 6. The highest BCUT2D eigenvalue weighted by Crippen LogP contribution is 2.43. The number of hydrogen-bond donors (Lipinski definition) is 1. The molecule has 0 rings (SSSR count). The third kappa shape index (κ3) is 43.8. The van der Waals surface area contributed by atoms with E-state index in [0.717, 1.165) is 44.9 Å². The van der Waals surface area contributed by atoms with Crippen molar-refractivity contribution in [3.8, 4) is 0 Å². The van der Waals surface area contributed by atoms with Crippen LogP contribution >= 0.6 is 7.82 Å². The van der Waals surface area contributed by atoms with Gasteiger partial charge in [0.1, 0.15) is 19.3 Å². The van der Waals surface area contributed by atoms with Gasteiger partial charge in [-0.05, 0) is 70.6 Å². The summed E-state index contributed by atoms with van der Waals surface area (Å²) < 4.78 is 35.0. The molecule has 0 saturated heterocycles. The van der Waals surface area contributed by atoms with Crippen LogP contribution in [0, 0.1) is 0 Å². The van der Waals surface area contributed by atoms with Crippen molar-refractivity contribution < 1.29 is 37.3 Å². The molecule has 0 saturated carbocycles. The molecule has 0 aliphatic carbocycles. The molecule has 56 heavy (non-hydrogen) atoms. The van der Waals surface area contributed by atoms with Crippen LogP contribution in [-0.4, -0.2) is 75.6 Å². The summed E-state index contributed by atoms with van der Waals surface area (Å²) in [5.74, 6) is -0.323. The first kappa shape index (κ1) is 54.7. The molecule has 0 fully saturated rings. The molecule has 9 heteroatoms. The van der Waals surface area contributed by atoms with Crippen LogP contribution in [0.2, 0.25) is 0 Å². The number of nitrogens with zero attached hydrogens (tertiary/aromatic N) is 1. The maximum atomic E-state index is 12.7. The predicted octanol–water partition coefficient (Wildman–Crippen LogP) is 13.8. The van der Waals surface area contributed by atoms with Gasteiger partial charge in [-0.15, -0.1) is 0 Å². The van der Waals surface area contributed by atoms with Crippen molar-refractivity contribution in [3.63, 3.8) is 0 Å². The molecule has 2 unspecified atom stereocenters. The summed E-state index contributed by atoms with van der Waals surface area (Å²) in [4.78, 5) is 22.9. The second-order valence-corrected chi connectivity index (χ2v) is 18.2. The Hall–Kier alpha value is -1.28. The summed E-state index contributed by atoms with van der Waals surface area (Å²) in [6.45, 7) is 5.59. The molecule has 0 aromatic rings. The second-order valence-electron chi connectivity index (χ2n) is 16.8. The Morgan fingerprint density at radius 3 is 1.48 bits per heavy atom. The molecule has 0 bridgehead atoms. The Balaban J connectivity index is 4.23. The zero-order valence-electron chi connectivity index (χ0n) is 37.4. The quantitative estimate of drug-likeness (QED) is 0.0215. The Morgan fingerprint density at radius 1 is 0.554 bits per heavy atom. The van der Waals surface area contributed by atoms with Crippen molar-refractivity contribution in [1.29, 1.82) is 0 Å². The van der Waals surface area contributed by atoms with Gasteiger partial charge in [0.05, 0.1) is 34.4 Å². The highest BCUT2D eigenvalue weighted by atomic mass is 31.2. The SMILES string of the molecule is CCCCCC/C=C\C/C=C\CCCCCCCCCC(=O)OC(COCCCCCCCC/C=C\CCCCCCCC)COP(=O)(O)OCC[N+](C)(C)C. The third-order valence-electron chi connectivity index (χ3n) is 9.92. The summed E-state index contributed by atoms with van der Waals surface area (Å²) in [6.07, 6.45) is 47.4. The maximum absolute atomic E-state index is 12.7. The Labute approximate surface area is 346 Å². The third-order valence-corrected chi connectivity index (χ3v) is 10.9. The van der Waals surface area contributed by atoms with Gasteiger partial charge in [0.15, 0.2) is 0 Å². The lowest BCUT2D eigenvalue weighted by atomic mass is 10.1. The van der Waals surface area contributed by atoms with Crippen molar-refractivity contribution in [2.45, 2.75) is 206 Å². The molecule has 0 amide bonds. The molecule has 0 spiro atoms. The predicted molar refractivity (Wildman–Crippen MR) is 238 cm³/mol. The summed E-state index contributed by atoms with van der Waals surface area (Å²) >= 11 is 0. The van der Waals surface area contributed by atoms with Crippen LogP contribution in [0.1, 0.15) is 200 Å². The van der Waals surface area contributed by atoms with Crippen LogP contribution in [-0.2, 0) is 27.9 Å². The van der Waals surface area contributed by atoms with E-state index >= 15 is 0 Å². The van der Waals surface area contributed by atoms with Crippen molar-refractivity contribution >= 4 is 13.8 Å². The molecule has 0 radical (unpaired) electrons. The summed E-state index contributed by atoms with van der Waals surface area (Å²) in [5, 5.41) is 0. The molecule has 0 aliphatic rings. The monoisotopic (exact) mass is 813 g/mol. The lowest BCUT2D eigenvalue weighted by Gasteiger charge is -2.24. The van der Waals surface area contributed by atoms with E-state index in [-0.39, 0.29) is 25.8 Å². The fraction of sp³-hybridized carbons (Fsp3) is 0.851. The highest BCUT2D eigenvalue weighted by molar-refractivity contribution is 7.47. The number of unbranched alkanes of at least 4 members (excludes halogenated alkanes) is 23. The summed E-state index contributed by atoms with van der Waals surface area (Å²) in [6, 6.07) is 0. The first-order valence-electron chi connectivity index (χ1n) is 23.2. The van der Waals surface area contributed by atoms with Crippen molar-refractivity contribution in [1.82, 2.24) is 0 Å². The Kier molecular flexibility index (Phi) is 39.6. The van der Waals surface area contributed by atoms with E-state index in [1.165, 1.54) is 135 Å². The molecular weight excluding hydrogens is 721 g/mol. The fourth-order valence-electron chi connectivity index (χ4n) is 6.28. The van der Waals surface area contributed by atoms with E-state index < -0.39 is 13.9 Å². The van der Waals surface area contributed by atoms with Gasteiger partial charge in [0.2, 0.25) is 0 Å². The molecular formula is C47H91NO7P+. The number of esters is 1. The molecule has 1 N–H and O–H groups in total. The lowest BCUT2D eigenvalue weighted by Crippen LogP contribution is -2.37. The van der Waals surface area contributed by atoms with Gasteiger partial charge >= 0.3 is 13.8 Å². The van der Waals surface area contributed by atoms with Gasteiger partial charge in [-0.3, -0.25) is 13.8 Å². The molecule has 0 aliphatic heterocycles. The zero-order chi connectivity index (χ0) is 41.3. The van der Waals surface area contributed by atoms with Gasteiger partial charge in [0, 0.05) is 13.0 Å². The number of likely N-dealkylation sites (N-methyl/N-ethyl adjacent to an activating group) is 1. The van der Waals surface area contributed by atoms with E-state index in [1.807, 2.05) is 21.1 Å². The van der Waals surface area contributed by atoms with E-state index in [2.05, 4.69) is 50.3 Å². The van der Waals surface area contributed by atoms with Gasteiger partial charge < -0.3 is 18.9 Å². The second kappa shape index (κ2) is 40.5. The van der Waals surface area contributed by atoms with Gasteiger partial charge in [-0.1, -0.05) is 159 Å². The minimum atomic E-state index is -4.28. The number of allylic oxidation sites excluding steroid dienone is 6. The van der Waals surface area contributed by atoms with Crippen LogP contribution in [0.25, 0.3) is 0 Å². The number of quaternary nitrogens is 1. The average molecular weight is 813 g/mol. The van der Waals surface area contributed by atoms with Crippen LogP contribution in [0.5, 0.6) is 0 Å². The number of ether oxygens (including phenoxy) is 2. The number of phosphoric ester groups is 1. The lowest BCUT2D eigenvalue weighted by molar-refractivity contribution is -0.870. The van der Waals surface area contributed by atoms with E-state index in [4.69, 9.17) is 18.5 Å². The first-order valence-corrected chi connectivity index (χ1v) is 24.7.